The second-order valence-corrected chi connectivity index (χ2v) is 16.7. The van der Waals surface area contributed by atoms with Gasteiger partial charge in [0, 0.05) is 43.8 Å². The van der Waals surface area contributed by atoms with Crippen molar-refractivity contribution in [2.75, 3.05) is 0 Å². The molecule has 0 bridgehead atoms. The van der Waals surface area contributed by atoms with Crippen molar-refractivity contribution < 1.29 is 0 Å². The summed E-state index contributed by atoms with van der Waals surface area (Å²) in [5, 5.41) is 29.5. The number of nitriles is 2. The number of nitrogens with zero attached hydrogens (tertiary/aromatic N) is 6. The number of hydrogen-bond donors (Lipinski definition) is 1. The first-order chi connectivity index (χ1) is 31.8. The van der Waals surface area contributed by atoms with Gasteiger partial charge in [0.2, 0.25) is 0 Å². The van der Waals surface area contributed by atoms with E-state index in [4.69, 9.17) is 20.0 Å². The van der Waals surface area contributed by atoms with Crippen molar-refractivity contribution in [2.45, 2.75) is 26.4 Å². The zero-order chi connectivity index (χ0) is 44.2. The number of aryl methyl sites for hydroxylation is 2. The highest BCUT2D eigenvalue weighted by Crippen LogP contribution is 2.46. The van der Waals surface area contributed by atoms with Crippen LogP contribution in [0.4, 0.5) is 0 Å². The summed E-state index contributed by atoms with van der Waals surface area (Å²) in [5.41, 5.74) is 13.0. The summed E-state index contributed by atoms with van der Waals surface area (Å²) in [6, 6.07) is 63.7. The van der Waals surface area contributed by atoms with E-state index >= 15 is 0 Å². The summed E-state index contributed by atoms with van der Waals surface area (Å²) in [5.74, 6) is 1.44. The van der Waals surface area contributed by atoms with Gasteiger partial charge in [0.1, 0.15) is 5.84 Å². The summed E-state index contributed by atoms with van der Waals surface area (Å²) < 4.78 is 0. The summed E-state index contributed by atoms with van der Waals surface area (Å²) in [4.78, 5) is 21.0. The normalized spacial score (nSPS) is 14.7. The van der Waals surface area contributed by atoms with Crippen molar-refractivity contribution in [3.05, 3.63) is 215 Å². The third kappa shape index (κ3) is 6.66. The number of fused-ring (bicyclic) bond motifs is 6. The van der Waals surface area contributed by atoms with E-state index in [1.54, 1.807) is 0 Å². The van der Waals surface area contributed by atoms with E-state index in [-0.39, 0.29) is 0 Å². The topological polar surface area (TPSA) is 110 Å². The molecule has 306 valence electrons. The molecule has 1 atom stereocenters. The summed E-state index contributed by atoms with van der Waals surface area (Å²) in [7, 11) is 0. The van der Waals surface area contributed by atoms with Crippen LogP contribution in [-0.2, 0) is 5.66 Å². The fourth-order valence-corrected chi connectivity index (χ4v) is 9.44. The molecule has 1 unspecified atom stereocenters. The van der Waals surface area contributed by atoms with Crippen LogP contribution < -0.4 is 5.32 Å². The van der Waals surface area contributed by atoms with Crippen molar-refractivity contribution in [3.63, 3.8) is 0 Å². The van der Waals surface area contributed by atoms with Gasteiger partial charge in [-0.15, -0.1) is 0 Å². The van der Waals surface area contributed by atoms with Gasteiger partial charge in [-0.25, -0.2) is 20.0 Å². The number of aromatic nitrogens is 2. The molecule has 2 aromatic heterocycles. The third-order valence-electron chi connectivity index (χ3n) is 12.7. The van der Waals surface area contributed by atoms with Crippen LogP contribution in [0.5, 0.6) is 0 Å². The van der Waals surface area contributed by atoms with Crippen molar-refractivity contribution in [3.8, 4) is 45.8 Å². The Labute approximate surface area is 376 Å². The number of nitrogens with one attached hydrogen (secondary N) is 1. The molecule has 0 fully saturated rings. The highest BCUT2D eigenvalue weighted by Gasteiger charge is 2.32. The van der Waals surface area contributed by atoms with E-state index in [9.17, 15) is 10.5 Å². The van der Waals surface area contributed by atoms with Gasteiger partial charge >= 0.3 is 0 Å². The van der Waals surface area contributed by atoms with Gasteiger partial charge in [0.05, 0.1) is 45.7 Å². The number of amidine groups is 2. The predicted molar refractivity (Wildman–Crippen MR) is 264 cm³/mol. The Morgan fingerprint density at radius 1 is 0.462 bits per heavy atom. The maximum atomic E-state index is 9.72. The van der Waals surface area contributed by atoms with Gasteiger partial charge in [-0.05, 0) is 95.8 Å². The quantitative estimate of drug-likeness (QED) is 0.132. The standard InChI is InChI=1S/C58H39N7/c1-35-50-46-16-10-11-17-48(46)61-54(40-22-18-37(33-59)19-23-40)52(50)36(2)51-47-31-28-44(32-49(47)62-55(53(35)51)41-24-20-38(34-60)21-25-41)39-26-29-45(30-27-39)58(3)64-56(42-12-6-4-7-13-42)63-57(65-58)43-14-8-5-9-15-43/h4-32H,1-3H3,(H,63,64,65). The Morgan fingerprint density at radius 2 is 0.954 bits per heavy atom. The first-order valence-electron chi connectivity index (χ1n) is 21.6. The average molecular weight is 834 g/mol. The summed E-state index contributed by atoms with van der Waals surface area (Å²) in [6.07, 6.45) is 0. The number of benzene rings is 8. The molecule has 1 aliphatic heterocycles. The molecular formula is C58H39N7. The third-order valence-corrected chi connectivity index (χ3v) is 12.7. The van der Waals surface area contributed by atoms with Crippen LogP contribution in [0.2, 0.25) is 0 Å². The van der Waals surface area contributed by atoms with Gasteiger partial charge < -0.3 is 5.32 Å². The average Bonchev–Trinajstić information content (AvgIpc) is 3.37. The van der Waals surface area contributed by atoms with E-state index in [0.717, 1.165) is 111 Å². The smallest absolute Gasteiger partial charge is 0.159 e. The molecule has 7 heteroatoms. The molecule has 1 N–H and O–H groups in total. The lowest BCUT2D eigenvalue weighted by Crippen LogP contribution is -2.46. The van der Waals surface area contributed by atoms with Crippen LogP contribution in [0, 0.1) is 36.5 Å². The molecule has 3 heterocycles. The second kappa shape index (κ2) is 15.5. The Balaban J connectivity index is 1.09. The predicted octanol–water partition coefficient (Wildman–Crippen LogP) is 13.1. The molecule has 10 aromatic rings. The van der Waals surface area contributed by atoms with Crippen LogP contribution in [0.25, 0.3) is 77.0 Å². The number of rotatable bonds is 6. The van der Waals surface area contributed by atoms with Crippen molar-refractivity contribution >= 4 is 55.0 Å². The lowest BCUT2D eigenvalue weighted by atomic mass is 9.85. The van der Waals surface area contributed by atoms with Crippen LogP contribution in [-0.4, -0.2) is 21.6 Å². The van der Waals surface area contributed by atoms with Gasteiger partial charge in [-0.1, -0.05) is 140 Å². The Kier molecular flexibility index (Phi) is 9.34. The second-order valence-electron chi connectivity index (χ2n) is 16.7. The highest BCUT2D eigenvalue weighted by molar-refractivity contribution is 6.25. The fourth-order valence-electron chi connectivity index (χ4n) is 9.44. The van der Waals surface area contributed by atoms with E-state index in [0.29, 0.717) is 17.0 Å². The van der Waals surface area contributed by atoms with Crippen LogP contribution >= 0.6 is 0 Å². The SMILES string of the molecule is Cc1c2c(-c3ccc(C#N)cc3)nc3cc(-c4ccc(C5(C)N=C(c6ccccc6)N=C(c6ccccc6)N5)cc4)ccc3c2c(C)c2c(-c3ccc(C#N)cc3)nc3ccccc3c12. The monoisotopic (exact) mass is 833 g/mol. The number of aliphatic imine (C=N–C) groups is 2. The van der Waals surface area contributed by atoms with E-state index in [2.05, 4.69) is 111 Å². The van der Waals surface area contributed by atoms with E-state index in [1.165, 1.54) is 0 Å². The number of pyridine rings is 2. The number of para-hydroxylation sites is 1. The molecule has 0 saturated heterocycles. The number of hydrogen-bond acceptors (Lipinski definition) is 7. The molecule has 0 amide bonds. The lowest BCUT2D eigenvalue weighted by molar-refractivity contribution is 0.455. The van der Waals surface area contributed by atoms with Gasteiger partial charge in [0.15, 0.2) is 11.5 Å². The maximum Gasteiger partial charge on any atom is 0.159 e. The molecule has 0 radical (unpaired) electrons. The Bertz CT molecular complexity index is 3690. The fraction of sp³-hybridized carbons (Fsp3) is 0.0690. The molecule has 0 aliphatic carbocycles. The van der Waals surface area contributed by atoms with Gasteiger partial charge in [-0.3, -0.25) is 0 Å². The molecule has 1 aliphatic rings. The van der Waals surface area contributed by atoms with Crippen molar-refractivity contribution in [2.24, 2.45) is 9.98 Å². The molecule has 7 nitrogen and oxygen atoms in total. The van der Waals surface area contributed by atoms with Crippen molar-refractivity contribution in [1.82, 2.24) is 15.3 Å². The Morgan fingerprint density at radius 3 is 1.54 bits per heavy atom. The first-order valence-corrected chi connectivity index (χ1v) is 21.6. The molecular weight excluding hydrogens is 795 g/mol. The van der Waals surface area contributed by atoms with E-state index < -0.39 is 5.66 Å². The Hall–Kier alpha value is -8.78. The zero-order valence-corrected chi connectivity index (χ0v) is 35.9. The molecule has 65 heavy (non-hydrogen) atoms. The minimum atomic E-state index is -0.786. The zero-order valence-electron chi connectivity index (χ0n) is 35.9. The van der Waals surface area contributed by atoms with Gasteiger partial charge in [0.25, 0.3) is 0 Å². The van der Waals surface area contributed by atoms with E-state index in [1.807, 2.05) is 103 Å². The van der Waals surface area contributed by atoms with Gasteiger partial charge in [-0.2, -0.15) is 10.5 Å². The highest BCUT2D eigenvalue weighted by atomic mass is 15.2. The van der Waals surface area contributed by atoms with Crippen LogP contribution in [0.3, 0.4) is 0 Å². The van der Waals surface area contributed by atoms with Crippen LogP contribution in [0.1, 0.15) is 45.9 Å². The largest absolute Gasteiger partial charge is 0.342 e. The molecule has 8 aromatic carbocycles. The minimum absolute atomic E-state index is 0.592. The minimum Gasteiger partial charge on any atom is -0.342 e. The molecule has 0 spiro atoms. The molecule has 11 rings (SSSR count). The summed E-state index contributed by atoms with van der Waals surface area (Å²) in [6.45, 7) is 6.48. The lowest BCUT2D eigenvalue weighted by Gasteiger charge is -2.33. The van der Waals surface area contributed by atoms with Crippen LogP contribution in [0.15, 0.2) is 186 Å². The molecule has 0 saturated carbocycles. The summed E-state index contributed by atoms with van der Waals surface area (Å²) >= 11 is 0. The van der Waals surface area contributed by atoms with Crippen molar-refractivity contribution in [1.29, 1.82) is 10.5 Å². The first kappa shape index (κ1) is 39.1. The maximum absolute atomic E-state index is 9.72.